The molecule has 4 heterocycles. The van der Waals surface area contributed by atoms with Gasteiger partial charge in [-0.15, -0.1) is 11.3 Å². The molecule has 3 aromatic rings. The summed E-state index contributed by atoms with van der Waals surface area (Å²) < 4.78 is 11.1. The normalized spacial score (nSPS) is 18.2. The highest BCUT2D eigenvalue weighted by Gasteiger charge is 2.26. The van der Waals surface area contributed by atoms with E-state index in [0.717, 1.165) is 28.9 Å². The number of fused-ring (bicyclic) bond motifs is 1. The summed E-state index contributed by atoms with van der Waals surface area (Å²) in [5.74, 6) is 0.541. The number of hydrogen-bond acceptors (Lipinski definition) is 7. The van der Waals surface area contributed by atoms with E-state index in [2.05, 4.69) is 20.6 Å². The molecule has 1 fully saturated rings. The number of nitrogens with one attached hydrogen (secondary N) is 2. The summed E-state index contributed by atoms with van der Waals surface area (Å²) in [4.78, 5) is 33.1. The van der Waals surface area contributed by atoms with Gasteiger partial charge < -0.3 is 14.5 Å². The average Bonchev–Trinajstić information content (AvgIpc) is 3.48. The highest BCUT2D eigenvalue weighted by Crippen LogP contribution is 2.31. The molecule has 154 valence electrons. The van der Waals surface area contributed by atoms with Crippen molar-refractivity contribution in [3.05, 3.63) is 46.5 Å². The molecular formula is C21H20N4O4S. The van der Waals surface area contributed by atoms with Gasteiger partial charge in [0.25, 0.3) is 5.91 Å². The minimum atomic E-state index is -0.362. The fraction of sp³-hybridized carbons (Fsp3) is 0.333. The molecule has 2 N–H and O–H groups in total. The molecular weight excluding hydrogens is 404 g/mol. The first-order valence-electron chi connectivity index (χ1n) is 9.82. The summed E-state index contributed by atoms with van der Waals surface area (Å²) in [7, 11) is 0. The van der Waals surface area contributed by atoms with Crippen molar-refractivity contribution in [1.82, 2.24) is 9.97 Å². The Kier molecular flexibility index (Phi) is 4.84. The van der Waals surface area contributed by atoms with Crippen LogP contribution in [-0.4, -0.2) is 35.0 Å². The molecule has 1 saturated heterocycles. The van der Waals surface area contributed by atoms with Crippen LogP contribution in [0.5, 0.6) is 0 Å². The van der Waals surface area contributed by atoms with E-state index in [1.807, 2.05) is 23.6 Å². The molecule has 1 aromatic carbocycles. The second kappa shape index (κ2) is 7.66. The summed E-state index contributed by atoms with van der Waals surface area (Å²) >= 11 is 1.35. The number of aryl methyl sites for hydroxylation is 2. The van der Waals surface area contributed by atoms with Gasteiger partial charge in [0.15, 0.2) is 5.13 Å². The van der Waals surface area contributed by atoms with Crippen LogP contribution in [0.15, 0.2) is 28.0 Å². The predicted molar refractivity (Wildman–Crippen MR) is 112 cm³/mol. The maximum Gasteiger partial charge on any atom is 0.295 e. The van der Waals surface area contributed by atoms with Crippen molar-refractivity contribution in [2.75, 3.05) is 23.8 Å². The van der Waals surface area contributed by atoms with Gasteiger partial charge in [0, 0.05) is 29.7 Å². The van der Waals surface area contributed by atoms with Crippen molar-refractivity contribution in [3.8, 4) is 11.3 Å². The SMILES string of the molecule is Cc1nc(C2CCOC2)oc1C(=O)Nc1nc(-c2ccc3c(c2)CCC(=O)N3)cs1. The summed E-state index contributed by atoms with van der Waals surface area (Å²) in [5.41, 5.74) is 4.21. The third-order valence-corrected chi connectivity index (χ3v) is 6.08. The lowest BCUT2D eigenvalue weighted by Gasteiger charge is -2.17. The van der Waals surface area contributed by atoms with Crippen LogP contribution >= 0.6 is 11.3 Å². The first-order valence-corrected chi connectivity index (χ1v) is 10.7. The van der Waals surface area contributed by atoms with E-state index in [4.69, 9.17) is 9.15 Å². The molecule has 30 heavy (non-hydrogen) atoms. The molecule has 0 aliphatic carbocycles. The van der Waals surface area contributed by atoms with Crippen molar-refractivity contribution >= 4 is 34.0 Å². The van der Waals surface area contributed by atoms with Crippen LogP contribution in [0, 0.1) is 6.92 Å². The lowest BCUT2D eigenvalue weighted by molar-refractivity contribution is -0.116. The van der Waals surface area contributed by atoms with E-state index in [0.29, 0.717) is 42.8 Å². The number of hydrogen-bond donors (Lipinski definition) is 2. The van der Waals surface area contributed by atoms with E-state index >= 15 is 0 Å². The molecule has 9 heteroatoms. The Morgan fingerprint density at radius 3 is 3.03 bits per heavy atom. The summed E-state index contributed by atoms with van der Waals surface area (Å²) in [6.45, 7) is 3.02. The molecule has 2 amide bonds. The molecule has 2 aromatic heterocycles. The second-order valence-electron chi connectivity index (χ2n) is 7.44. The molecule has 5 rings (SSSR count). The van der Waals surface area contributed by atoms with Crippen LogP contribution in [0.4, 0.5) is 10.8 Å². The Morgan fingerprint density at radius 2 is 2.20 bits per heavy atom. The largest absolute Gasteiger partial charge is 0.435 e. The summed E-state index contributed by atoms with van der Waals surface area (Å²) in [6.07, 6.45) is 2.05. The first kappa shape index (κ1) is 19.0. The Hall–Kier alpha value is -3.04. The highest BCUT2D eigenvalue weighted by atomic mass is 32.1. The number of benzene rings is 1. The zero-order valence-corrected chi connectivity index (χ0v) is 17.2. The molecule has 0 bridgehead atoms. The number of anilines is 2. The maximum atomic E-state index is 12.7. The molecule has 2 aliphatic heterocycles. The van der Waals surface area contributed by atoms with Crippen molar-refractivity contribution in [1.29, 1.82) is 0 Å². The number of rotatable bonds is 4. The Bertz CT molecular complexity index is 1130. The van der Waals surface area contributed by atoms with Gasteiger partial charge in [-0.2, -0.15) is 0 Å². The number of carbonyl (C=O) groups is 2. The Morgan fingerprint density at radius 1 is 1.30 bits per heavy atom. The molecule has 1 unspecified atom stereocenters. The van der Waals surface area contributed by atoms with Crippen molar-refractivity contribution in [2.24, 2.45) is 0 Å². The van der Waals surface area contributed by atoms with E-state index in [9.17, 15) is 9.59 Å². The zero-order chi connectivity index (χ0) is 20.7. The summed E-state index contributed by atoms with van der Waals surface area (Å²) in [5, 5.41) is 8.07. The van der Waals surface area contributed by atoms with Crippen LogP contribution in [0.2, 0.25) is 0 Å². The monoisotopic (exact) mass is 424 g/mol. The van der Waals surface area contributed by atoms with Crippen LogP contribution in [0.25, 0.3) is 11.3 Å². The molecule has 0 spiro atoms. The molecule has 1 atom stereocenters. The first-order chi connectivity index (χ1) is 14.6. The number of oxazole rings is 1. The number of aromatic nitrogens is 2. The summed E-state index contributed by atoms with van der Waals surface area (Å²) in [6, 6.07) is 5.85. The molecule has 8 nitrogen and oxygen atoms in total. The van der Waals surface area contributed by atoms with Gasteiger partial charge in [0.05, 0.1) is 23.9 Å². The number of carbonyl (C=O) groups excluding carboxylic acids is 2. The average molecular weight is 424 g/mol. The van der Waals surface area contributed by atoms with Gasteiger partial charge in [0.1, 0.15) is 0 Å². The zero-order valence-electron chi connectivity index (χ0n) is 16.4. The molecule has 0 radical (unpaired) electrons. The van der Waals surface area contributed by atoms with Crippen molar-refractivity contribution in [3.63, 3.8) is 0 Å². The highest BCUT2D eigenvalue weighted by molar-refractivity contribution is 7.14. The van der Waals surface area contributed by atoms with E-state index < -0.39 is 0 Å². The standard InChI is InChI=1S/C21H20N4O4S/c1-11-18(29-20(22-11)14-6-7-28-9-14)19(27)25-21-24-16(10-30-21)13-2-4-15-12(8-13)3-5-17(26)23-15/h2,4,8,10,14H,3,5-7,9H2,1H3,(H,23,26)(H,24,25,27). The van der Waals surface area contributed by atoms with Gasteiger partial charge in [-0.25, -0.2) is 9.97 Å². The van der Waals surface area contributed by atoms with Gasteiger partial charge in [0.2, 0.25) is 17.6 Å². The fourth-order valence-corrected chi connectivity index (χ4v) is 4.41. The minimum absolute atomic E-state index is 0.0419. The number of thiazole rings is 1. The van der Waals surface area contributed by atoms with Gasteiger partial charge >= 0.3 is 0 Å². The minimum Gasteiger partial charge on any atom is -0.435 e. The number of amides is 2. The lowest BCUT2D eigenvalue weighted by Crippen LogP contribution is -2.18. The van der Waals surface area contributed by atoms with E-state index in [1.165, 1.54) is 11.3 Å². The Labute approximate surface area is 176 Å². The van der Waals surface area contributed by atoms with E-state index in [-0.39, 0.29) is 23.5 Å². The predicted octanol–water partition coefficient (Wildman–Crippen LogP) is 3.75. The van der Waals surface area contributed by atoms with Crippen molar-refractivity contribution < 1.29 is 18.7 Å². The van der Waals surface area contributed by atoms with E-state index in [1.54, 1.807) is 6.92 Å². The van der Waals surface area contributed by atoms with Crippen LogP contribution < -0.4 is 10.6 Å². The number of ether oxygens (including phenoxy) is 1. The molecule has 0 saturated carbocycles. The van der Waals surface area contributed by atoms with Crippen molar-refractivity contribution in [2.45, 2.75) is 32.1 Å². The fourth-order valence-electron chi connectivity index (χ4n) is 3.69. The quantitative estimate of drug-likeness (QED) is 0.661. The van der Waals surface area contributed by atoms with Crippen LogP contribution in [0.3, 0.4) is 0 Å². The van der Waals surface area contributed by atoms with Gasteiger partial charge in [-0.05, 0) is 37.5 Å². The third kappa shape index (κ3) is 3.61. The lowest BCUT2D eigenvalue weighted by atomic mass is 9.99. The molecule has 2 aliphatic rings. The van der Waals surface area contributed by atoms with Gasteiger partial charge in [-0.1, -0.05) is 6.07 Å². The Balaban J connectivity index is 1.31. The van der Waals surface area contributed by atoms with Crippen LogP contribution in [-0.2, 0) is 16.0 Å². The smallest absolute Gasteiger partial charge is 0.295 e. The van der Waals surface area contributed by atoms with Crippen LogP contribution in [0.1, 0.15) is 46.5 Å². The topological polar surface area (TPSA) is 106 Å². The van der Waals surface area contributed by atoms with Gasteiger partial charge in [-0.3, -0.25) is 14.9 Å². The maximum absolute atomic E-state index is 12.7. The number of nitrogens with zero attached hydrogens (tertiary/aromatic N) is 2. The second-order valence-corrected chi connectivity index (χ2v) is 8.30. The third-order valence-electron chi connectivity index (χ3n) is 5.32.